The van der Waals surface area contributed by atoms with Crippen molar-refractivity contribution < 1.29 is 0 Å². The molecule has 1 fully saturated rings. The molecule has 0 spiro atoms. The zero-order valence-electron chi connectivity index (χ0n) is 12.1. The summed E-state index contributed by atoms with van der Waals surface area (Å²) >= 11 is 0. The maximum Gasteiger partial charge on any atom is 0.0951 e. The average molecular weight is 250 g/mol. The van der Waals surface area contributed by atoms with Crippen LogP contribution in [0.15, 0.2) is 12.5 Å². The molecule has 0 amide bonds. The minimum atomic E-state index is 0.499. The Morgan fingerprint density at radius 2 is 2.17 bits per heavy atom. The third-order valence-electron chi connectivity index (χ3n) is 3.57. The van der Waals surface area contributed by atoms with Crippen molar-refractivity contribution in [2.45, 2.75) is 45.3 Å². The molecule has 1 unspecified atom stereocenters. The quantitative estimate of drug-likeness (QED) is 0.802. The molecule has 1 aliphatic carbocycles. The van der Waals surface area contributed by atoms with E-state index in [2.05, 4.69) is 47.7 Å². The Hall–Kier alpha value is -0.870. The fourth-order valence-corrected chi connectivity index (χ4v) is 2.30. The van der Waals surface area contributed by atoms with Crippen LogP contribution >= 0.6 is 0 Å². The first-order valence-electron chi connectivity index (χ1n) is 6.96. The molecule has 0 bridgehead atoms. The molecule has 1 N–H and O–H groups in total. The number of nitrogens with zero attached hydrogens (tertiary/aromatic N) is 3. The lowest BCUT2D eigenvalue weighted by Gasteiger charge is -2.27. The predicted molar refractivity (Wildman–Crippen MR) is 74.5 cm³/mol. The first-order chi connectivity index (χ1) is 8.58. The second-order valence-electron chi connectivity index (χ2n) is 6.02. The van der Waals surface area contributed by atoms with Crippen molar-refractivity contribution in [1.82, 2.24) is 19.8 Å². The molecule has 1 aliphatic rings. The van der Waals surface area contributed by atoms with Gasteiger partial charge in [0.25, 0.3) is 0 Å². The van der Waals surface area contributed by atoms with E-state index in [-0.39, 0.29) is 0 Å². The van der Waals surface area contributed by atoms with Gasteiger partial charge in [-0.2, -0.15) is 0 Å². The van der Waals surface area contributed by atoms with E-state index in [4.69, 9.17) is 0 Å². The number of hydrogen-bond donors (Lipinski definition) is 1. The van der Waals surface area contributed by atoms with E-state index in [1.54, 1.807) is 0 Å². The average Bonchev–Trinajstić information content (AvgIpc) is 3.01. The fourth-order valence-electron chi connectivity index (χ4n) is 2.30. The van der Waals surface area contributed by atoms with Gasteiger partial charge in [0.05, 0.1) is 12.0 Å². The predicted octanol–water partition coefficient (Wildman–Crippen LogP) is 1.89. The molecule has 0 radical (unpaired) electrons. The summed E-state index contributed by atoms with van der Waals surface area (Å²) in [7, 11) is 4.27. The molecule has 1 atom stereocenters. The van der Waals surface area contributed by atoms with Gasteiger partial charge in [-0.05, 0) is 32.9 Å². The first-order valence-corrected chi connectivity index (χ1v) is 6.96. The standard InChI is InChI=1S/C14H26N4/c1-11(2)14(9-17(3)4)18-10-15-7-13(18)8-16-12-5-6-12/h7,10-12,14,16H,5-6,8-9H2,1-4H3. The highest BCUT2D eigenvalue weighted by Gasteiger charge is 2.22. The number of imidazole rings is 1. The Bertz CT molecular complexity index is 366. The molecule has 102 valence electrons. The van der Waals surface area contributed by atoms with Crippen molar-refractivity contribution in [3.8, 4) is 0 Å². The van der Waals surface area contributed by atoms with E-state index >= 15 is 0 Å². The first kappa shape index (κ1) is 13.6. The Morgan fingerprint density at radius 3 is 2.72 bits per heavy atom. The molecule has 4 nitrogen and oxygen atoms in total. The smallest absolute Gasteiger partial charge is 0.0951 e. The molecule has 0 saturated heterocycles. The third-order valence-corrected chi connectivity index (χ3v) is 3.57. The van der Waals surface area contributed by atoms with Crippen molar-refractivity contribution in [1.29, 1.82) is 0 Å². The lowest BCUT2D eigenvalue weighted by atomic mass is 10.0. The monoisotopic (exact) mass is 250 g/mol. The van der Waals surface area contributed by atoms with E-state index < -0.39 is 0 Å². The summed E-state index contributed by atoms with van der Waals surface area (Å²) in [6, 6.07) is 1.25. The second-order valence-corrected chi connectivity index (χ2v) is 6.02. The summed E-state index contributed by atoms with van der Waals surface area (Å²) < 4.78 is 2.35. The molecule has 0 aromatic carbocycles. The Kier molecular flexibility index (Phi) is 4.40. The highest BCUT2D eigenvalue weighted by molar-refractivity contribution is 5.02. The van der Waals surface area contributed by atoms with Crippen LogP contribution in [0.3, 0.4) is 0 Å². The van der Waals surface area contributed by atoms with Gasteiger partial charge in [-0.25, -0.2) is 4.98 Å². The van der Waals surface area contributed by atoms with Crippen LogP contribution in [0.2, 0.25) is 0 Å². The zero-order valence-corrected chi connectivity index (χ0v) is 12.1. The molecule has 0 aliphatic heterocycles. The highest BCUT2D eigenvalue weighted by atomic mass is 15.2. The van der Waals surface area contributed by atoms with Crippen LogP contribution in [0.4, 0.5) is 0 Å². The summed E-state index contributed by atoms with van der Waals surface area (Å²) in [6.45, 7) is 6.57. The number of aromatic nitrogens is 2. The lowest BCUT2D eigenvalue weighted by molar-refractivity contribution is 0.264. The topological polar surface area (TPSA) is 33.1 Å². The van der Waals surface area contributed by atoms with Gasteiger partial charge in [-0.15, -0.1) is 0 Å². The van der Waals surface area contributed by atoms with Crippen LogP contribution in [0.1, 0.15) is 38.4 Å². The van der Waals surface area contributed by atoms with Gasteiger partial charge in [0.15, 0.2) is 0 Å². The molecule has 4 heteroatoms. The summed E-state index contributed by atoms with van der Waals surface area (Å²) in [5.41, 5.74) is 1.31. The van der Waals surface area contributed by atoms with Gasteiger partial charge in [-0.1, -0.05) is 13.8 Å². The Labute approximate surface area is 110 Å². The lowest BCUT2D eigenvalue weighted by Crippen LogP contribution is -2.30. The van der Waals surface area contributed by atoms with Crippen molar-refractivity contribution in [2.24, 2.45) is 5.92 Å². The van der Waals surface area contributed by atoms with Crippen LogP contribution in [-0.4, -0.2) is 41.1 Å². The van der Waals surface area contributed by atoms with Crippen molar-refractivity contribution >= 4 is 0 Å². The van der Waals surface area contributed by atoms with Gasteiger partial charge in [0.1, 0.15) is 0 Å². The van der Waals surface area contributed by atoms with Crippen LogP contribution in [-0.2, 0) is 6.54 Å². The van der Waals surface area contributed by atoms with E-state index in [1.807, 2.05) is 12.5 Å². The molecule has 2 rings (SSSR count). The minimum absolute atomic E-state index is 0.499. The SMILES string of the molecule is CC(C)C(CN(C)C)n1cncc1CNC1CC1. The minimum Gasteiger partial charge on any atom is -0.329 e. The summed E-state index contributed by atoms with van der Waals surface area (Å²) in [6.07, 6.45) is 6.65. The highest BCUT2D eigenvalue weighted by Crippen LogP contribution is 2.22. The maximum absolute atomic E-state index is 4.34. The molecule has 1 saturated carbocycles. The van der Waals surface area contributed by atoms with E-state index in [9.17, 15) is 0 Å². The number of likely N-dealkylation sites (N-methyl/N-ethyl adjacent to an activating group) is 1. The van der Waals surface area contributed by atoms with Crippen LogP contribution < -0.4 is 5.32 Å². The van der Waals surface area contributed by atoms with Crippen LogP contribution in [0.25, 0.3) is 0 Å². The fraction of sp³-hybridized carbons (Fsp3) is 0.786. The number of rotatable bonds is 7. The summed E-state index contributed by atoms with van der Waals surface area (Å²) in [5, 5.41) is 3.57. The van der Waals surface area contributed by atoms with E-state index in [0.29, 0.717) is 12.0 Å². The molecular weight excluding hydrogens is 224 g/mol. The van der Waals surface area contributed by atoms with Crippen LogP contribution in [0.5, 0.6) is 0 Å². The van der Waals surface area contributed by atoms with Gasteiger partial charge in [0.2, 0.25) is 0 Å². The normalized spacial score (nSPS) is 17.7. The molecule has 1 aromatic heterocycles. The van der Waals surface area contributed by atoms with Gasteiger partial charge < -0.3 is 14.8 Å². The molecular formula is C14H26N4. The van der Waals surface area contributed by atoms with Gasteiger partial charge >= 0.3 is 0 Å². The molecule has 18 heavy (non-hydrogen) atoms. The number of nitrogens with one attached hydrogen (secondary N) is 1. The van der Waals surface area contributed by atoms with Gasteiger partial charge in [0, 0.05) is 31.4 Å². The zero-order chi connectivity index (χ0) is 13.1. The molecule has 1 aromatic rings. The van der Waals surface area contributed by atoms with E-state index in [1.165, 1.54) is 18.5 Å². The Balaban J connectivity index is 2.05. The second kappa shape index (κ2) is 5.85. The summed E-state index contributed by atoms with van der Waals surface area (Å²) in [5.74, 6) is 0.612. The third kappa shape index (κ3) is 3.56. The van der Waals surface area contributed by atoms with Crippen molar-refractivity contribution in [3.63, 3.8) is 0 Å². The van der Waals surface area contributed by atoms with Gasteiger partial charge in [-0.3, -0.25) is 0 Å². The Morgan fingerprint density at radius 1 is 1.44 bits per heavy atom. The maximum atomic E-state index is 4.34. The number of hydrogen-bond acceptors (Lipinski definition) is 3. The van der Waals surface area contributed by atoms with Crippen molar-refractivity contribution in [3.05, 3.63) is 18.2 Å². The largest absolute Gasteiger partial charge is 0.329 e. The van der Waals surface area contributed by atoms with Crippen LogP contribution in [0, 0.1) is 5.92 Å². The summed E-state index contributed by atoms with van der Waals surface area (Å²) in [4.78, 5) is 6.59. The van der Waals surface area contributed by atoms with E-state index in [0.717, 1.165) is 19.1 Å². The molecule has 1 heterocycles. The van der Waals surface area contributed by atoms with Crippen molar-refractivity contribution in [2.75, 3.05) is 20.6 Å².